The van der Waals surface area contributed by atoms with E-state index in [9.17, 15) is 0 Å². The van der Waals surface area contributed by atoms with Crippen molar-refractivity contribution in [2.24, 2.45) is 0 Å². The molecule has 0 saturated heterocycles. The number of unbranched alkanes of at least 4 members (excludes halogenated alkanes) is 1. The van der Waals surface area contributed by atoms with Crippen molar-refractivity contribution in [1.82, 2.24) is 9.55 Å². The molecule has 3 heteroatoms. The molecule has 0 unspecified atom stereocenters. The maximum Gasteiger partial charge on any atom is 0.203 e. The number of aromatic nitrogens is 2. The molecule has 2 rings (SSSR count). The Morgan fingerprint density at radius 1 is 1.33 bits per heavy atom. The molecule has 1 heterocycles. The maximum atomic E-state index is 4.65. The Bertz CT molecular complexity index is 375. The third-order valence-corrected chi connectivity index (χ3v) is 4.02. The second-order valence-electron chi connectivity index (χ2n) is 6.00. The van der Waals surface area contributed by atoms with Gasteiger partial charge in [0.25, 0.3) is 0 Å². The lowest BCUT2D eigenvalue weighted by atomic mass is 9.83. The summed E-state index contributed by atoms with van der Waals surface area (Å²) in [7, 11) is 0. The largest absolute Gasteiger partial charge is 0.350 e. The molecule has 0 atom stereocenters. The molecule has 0 amide bonds. The Labute approximate surface area is 111 Å². The Balaban J connectivity index is 2.07. The van der Waals surface area contributed by atoms with Crippen LogP contribution in [0.2, 0.25) is 0 Å². The normalized spacial score (nSPS) is 18.8. The third kappa shape index (κ3) is 3.27. The van der Waals surface area contributed by atoms with Crippen LogP contribution in [0.25, 0.3) is 0 Å². The quantitative estimate of drug-likeness (QED) is 0.850. The number of aryl methyl sites for hydroxylation is 2. The number of hydrogen-bond acceptors (Lipinski definition) is 2. The van der Waals surface area contributed by atoms with Crippen LogP contribution in [0.5, 0.6) is 0 Å². The molecule has 1 aromatic heterocycles. The summed E-state index contributed by atoms with van der Waals surface area (Å²) < 4.78 is 2.29. The number of nitrogens with zero attached hydrogens (tertiary/aromatic N) is 2. The van der Waals surface area contributed by atoms with Crippen molar-refractivity contribution in [3.8, 4) is 0 Å². The van der Waals surface area contributed by atoms with Gasteiger partial charge in [0.1, 0.15) is 0 Å². The van der Waals surface area contributed by atoms with E-state index < -0.39 is 0 Å². The van der Waals surface area contributed by atoms with E-state index in [4.69, 9.17) is 0 Å². The van der Waals surface area contributed by atoms with Crippen LogP contribution in [-0.4, -0.2) is 15.1 Å². The van der Waals surface area contributed by atoms with E-state index in [1.54, 1.807) is 0 Å². The van der Waals surface area contributed by atoms with Crippen molar-refractivity contribution < 1.29 is 0 Å². The molecule has 0 radical (unpaired) electrons. The molecule has 0 bridgehead atoms. The first kappa shape index (κ1) is 13.4. The van der Waals surface area contributed by atoms with Crippen molar-refractivity contribution in [2.75, 3.05) is 5.32 Å². The summed E-state index contributed by atoms with van der Waals surface area (Å²) in [6.45, 7) is 7.74. The number of imidazole rings is 1. The van der Waals surface area contributed by atoms with Crippen molar-refractivity contribution in [2.45, 2.75) is 77.8 Å². The molecule has 102 valence electrons. The summed E-state index contributed by atoms with van der Waals surface area (Å²) in [5.41, 5.74) is 1.37. The van der Waals surface area contributed by atoms with Crippen LogP contribution in [0.15, 0.2) is 6.20 Å². The van der Waals surface area contributed by atoms with Gasteiger partial charge in [0.15, 0.2) is 0 Å². The Morgan fingerprint density at radius 2 is 2.06 bits per heavy atom. The van der Waals surface area contributed by atoms with Gasteiger partial charge in [-0.1, -0.05) is 32.6 Å². The number of hydrogen-bond donors (Lipinski definition) is 1. The molecule has 1 aromatic rings. The third-order valence-electron chi connectivity index (χ3n) is 4.02. The van der Waals surface area contributed by atoms with Crippen molar-refractivity contribution >= 4 is 5.95 Å². The van der Waals surface area contributed by atoms with Crippen LogP contribution >= 0.6 is 0 Å². The van der Waals surface area contributed by atoms with E-state index in [-0.39, 0.29) is 5.54 Å². The van der Waals surface area contributed by atoms with Gasteiger partial charge in [0.05, 0.1) is 5.69 Å². The highest BCUT2D eigenvalue weighted by atomic mass is 15.2. The first-order valence-corrected chi connectivity index (χ1v) is 7.45. The first-order chi connectivity index (χ1) is 8.63. The summed E-state index contributed by atoms with van der Waals surface area (Å²) in [6.07, 6.45) is 11.2. The molecule has 1 saturated carbocycles. The summed E-state index contributed by atoms with van der Waals surface area (Å²) in [5.74, 6) is 1.07. The SMILES string of the molecule is CCCCn1cc(C)nc1NC1(C)CCCCC1. The molecule has 0 aliphatic heterocycles. The predicted molar refractivity (Wildman–Crippen MR) is 77.0 cm³/mol. The van der Waals surface area contributed by atoms with Gasteiger partial charge in [-0.3, -0.25) is 0 Å². The van der Waals surface area contributed by atoms with Crippen molar-refractivity contribution in [3.63, 3.8) is 0 Å². The zero-order valence-corrected chi connectivity index (χ0v) is 12.1. The van der Waals surface area contributed by atoms with Crippen molar-refractivity contribution in [1.29, 1.82) is 0 Å². The Kier molecular flexibility index (Phi) is 4.31. The topological polar surface area (TPSA) is 29.9 Å². The lowest BCUT2D eigenvalue weighted by Gasteiger charge is -2.35. The number of rotatable bonds is 5. The van der Waals surface area contributed by atoms with E-state index in [2.05, 4.69) is 41.8 Å². The highest BCUT2D eigenvalue weighted by Gasteiger charge is 2.27. The molecular weight excluding hydrogens is 222 g/mol. The van der Waals surface area contributed by atoms with E-state index in [1.165, 1.54) is 44.9 Å². The van der Waals surface area contributed by atoms with Gasteiger partial charge in [0.2, 0.25) is 5.95 Å². The highest BCUT2D eigenvalue weighted by Crippen LogP contribution is 2.31. The van der Waals surface area contributed by atoms with Gasteiger partial charge in [-0.2, -0.15) is 0 Å². The second-order valence-corrected chi connectivity index (χ2v) is 6.00. The molecule has 1 N–H and O–H groups in total. The summed E-state index contributed by atoms with van der Waals surface area (Å²) in [6, 6.07) is 0. The Morgan fingerprint density at radius 3 is 2.72 bits per heavy atom. The highest BCUT2D eigenvalue weighted by molar-refractivity contribution is 5.33. The Hall–Kier alpha value is -0.990. The standard InChI is InChI=1S/C15H27N3/c1-4-5-11-18-12-13(2)16-14(18)17-15(3)9-7-6-8-10-15/h12H,4-11H2,1-3H3,(H,16,17). The van der Waals surface area contributed by atoms with Crippen molar-refractivity contribution in [3.05, 3.63) is 11.9 Å². The first-order valence-electron chi connectivity index (χ1n) is 7.45. The van der Waals surface area contributed by atoms with Gasteiger partial charge in [-0.25, -0.2) is 4.98 Å². The average molecular weight is 249 g/mol. The minimum absolute atomic E-state index is 0.250. The fourth-order valence-electron chi connectivity index (χ4n) is 2.87. The zero-order chi connectivity index (χ0) is 13.0. The maximum absolute atomic E-state index is 4.65. The van der Waals surface area contributed by atoms with E-state index in [0.717, 1.165) is 18.2 Å². The van der Waals surface area contributed by atoms with Crippen LogP contribution in [-0.2, 0) is 6.54 Å². The molecule has 18 heavy (non-hydrogen) atoms. The molecule has 1 fully saturated rings. The molecule has 3 nitrogen and oxygen atoms in total. The van der Waals surface area contributed by atoms with Gasteiger partial charge < -0.3 is 9.88 Å². The predicted octanol–water partition coefficient (Wildman–Crippen LogP) is 4.13. The fraction of sp³-hybridized carbons (Fsp3) is 0.800. The smallest absolute Gasteiger partial charge is 0.203 e. The van der Waals surface area contributed by atoms with E-state index >= 15 is 0 Å². The minimum Gasteiger partial charge on any atom is -0.350 e. The molecule has 0 aromatic carbocycles. The number of nitrogens with one attached hydrogen (secondary N) is 1. The minimum atomic E-state index is 0.250. The van der Waals surface area contributed by atoms with E-state index in [1.807, 2.05) is 0 Å². The summed E-state index contributed by atoms with van der Waals surface area (Å²) >= 11 is 0. The molecule has 1 aliphatic carbocycles. The van der Waals surface area contributed by atoms with Crippen LogP contribution in [0.1, 0.15) is 64.5 Å². The van der Waals surface area contributed by atoms with Crippen LogP contribution in [0, 0.1) is 6.92 Å². The van der Waals surface area contributed by atoms with Gasteiger partial charge in [-0.05, 0) is 33.1 Å². The monoisotopic (exact) mass is 249 g/mol. The van der Waals surface area contributed by atoms with Gasteiger partial charge in [-0.15, -0.1) is 0 Å². The van der Waals surface area contributed by atoms with Crippen LogP contribution in [0.4, 0.5) is 5.95 Å². The lowest BCUT2D eigenvalue weighted by Crippen LogP contribution is -2.37. The zero-order valence-electron chi connectivity index (χ0n) is 12.1. The van der Waals surface area contributed by atoms with Gasteiger partial charge >= 0.3 is 0 Å². The fourth-order valence-corrected chi connectivity index (χ4v) is 2.87. The molecule has 1 aliphatic rings. The molecule has 0 spiro atoms. The summed E-state index contributed by atoms with van der Waals surface area (Å²) in [5, 5.41) is 3.71. The summed E-state index contributed by atoms with van der Waals surface area (Å²) in [4.78, 5) is 4.65. The average Bonchev–Trinajstić information content (AvgIpc) is 2.67. The molecular formula is C15H27N3. The van der Waals surface area contributed by atoms with E-state index in [0.29, 0.717) is 0 Å². The number of anilines is 1. The second kappa shape index (κ2) is 5.77. The van der Waals surface area contributed by atoms with Gasteiger partial charge in [0, 0.05) is 18.3 Å². The van der Waals surface area contributed by atoms with Crippen LogP contribution in [0.3, 0.4) is 0 Å². The lowest BCUT2D eigenvalue weighted by molar-refractivity contribution is 0.346. The van der Waals surface area contributed by atoms with Crippen LogP contribution < -0.4 is 5.32 Å².